The van der Waals surface area contributed by atoms with Crippen molar-refractivity contribution in [1.82, 2.24) is 0 Å². The molecule has 0 N–H and O–H groups in total. The van der Waals surface area contributed by atoms with Gasteiger partial charge in [0.15, 0.2) is 9.84 Å². The van der Waals surface area contributed by atoms with Gasteiger partial charge in [0.25, 0.3) is 0 Å². The number of hydrogen-bond donors (Lipinski definition) is 0. The topological polar surface area (TPSA) is 37.4 Å². The Labute approximate surface area is 208 Å². The fourth-order valence-electron chi connectivity index (χ4n) is 4.30. The summed E-state index contributed by atoms with van der Waals surface area (Å²) in [6.45, 7) is 6.60. The Hall–Kier alpha value is -1.63. The van der Waals surface area contributed by atoms with Gasteiger partial charge >= 0.3 is 0 Å². The maximum Gasteiger partial charge on any atom is 0.155 e. The van der Waals surface area contributed by atoms with Crippen LogP contribution in [-0.4, -0.2) is 19.9 Å². The Balaban J connectivity index is 1.86. The maximum absolute atomic E-state index is 13.1. The summed E-state index contributed by atoms with van der Waals surface area (Å²) in [5, 5.41) is 0. The number of halogens is 2. The van der Waals surface area contributed by atoms with Crippen molar-refractivity contribution < 1.29 is 8.42 Å². The predicted octanol–water partition coefficient (Wildman–Crippen LogP) is 7.23. The predicted molar refractivity (Wildman–Crippen MR) is 140 cm³/mol. The number of hydrogen-bond acceptors (Lipinski definition) is 3. The van der Waals surface area contributed by atoms with Crippen molar-refractivity contribution in [1.29, 1.82) is 0 Å². The summed E-state index contributed by atoms with van der Waals surface area (Å²) < 4.78 is 28.1. The Bertz CT molecular complexity index is 1120. The standard InChI is InChI=1S/C26H27Br2NO2S/c1-26(2,3)20-8-14-23(15-9-20)29-24(18-4-10-21(27)11-5-18)16-32(30,31)17-25(29)19-6-12-22(28)13-7-19/h4-15,24-25H,16-17H2,1-3H3. The lowest BCUT2D eigenvalue weighted by atomic mass is 9.87. The number of rotatable bonds is 3. The van der Waals surface area contributed by atoms with Crippen molar-refractivity contribution in [3.63, 3.8) is 0 Å². The molecule has 0 radical (unpaired) electrons. The summed E-state index contributed by atoms with van der Waals surface area (Å²) in [6.07, 6.45) is 0. The van der Waals surface area contributed by atoms with Crippen molar-refractivity contribution in [2.75, 3.05) is 16.4 Å². The van der Waals surface area contributed by atoms with Gasteiger partial charge in [-0.15, -0.1) is 0 Å². The van der Waals surface area contributed by atoms with Gasteiger partial charge in [-0.3, -0.25) is 0 Å². The van der Waals surface area contributed by atoms with Crippen LogP contribution in [0.1, 0.15) is 49.5 Å². The molecule has 0 spiro atoms. The second kappa shape index (κ2) is 8.96. The quantitative estimate of drug-likeness (QED) is 0.330. The van der Waals surface area contributed by atoms with E-state index < -0.39 is 9.84 Å². The summed E-state index contributed by atoms with van der Waals surface area (Å²) in [4.78, 5) is 2.29. The molecule has 0 aromatic heterocycles. The van der Waals surface area contributed by atoms with E-state index in [1.807, 2.05) is 48.5 Å². The zero-order valence-corrected chi connectivity index (χ0v) is 22.4. The van der Waals surface area contributed by atoms with Crippen LogP contribution in [0.3, 0.4) is 0 Å². The van der Waals surface area contributed by atoms with Crippen LogP contribution in [0, 0.1) is 0 Å². The number of sulfone groups is 1. The first-order chi connectivity index (χ1) is 15.0. The highest BCUT2D eigenvalue weighted by molar-refractivity contribution is 9.10. The lowest BCUT2D eigenvalue weighted by Gasteiger charge is -2.44. The molecule has 0 aliphatic carbocycles. The third kappa shape index (κ3) is 5.13. The van der Waals surface area contributed by atoms with Crippen molar-refractivity contribution >= 4 is 47.4 Å². The minimum atomic E-state index is -3.24. The molecule has 4 rings (SSSR count). The monoisotopic (exact) mass is 575 g/mol. The molecule has 1 aliphatic heterocycles. The SMILES string of the molecule is CC(C)(C)c1ccc(N2C(c3ccc(Br)cc3)CS(=O)(=O)CC2c2ccc(Br)cc2)cc1. The smallest absolute Gasteiger partial charge is 0.155 e. The van der Waals surface area contributed by atoms with Gasteiger partial charge < -0.3 is 4.90 Å². The fourth-order valence-corrected chi connectivity index (χ4v) is 6.64. The number of anilines is 1. The van der Waals surface area contributed by atoms with E-state index in [2.05, 4.69) is 81.8 Å². The molecule has 3 aromatic carbocycles. The normalized spacial score (nSPS) is 20.8. The lowest BCUT2D eigenvalue weighted by molar-refractivity contribution is 0.521. The Kier molecular flexibility index (Phi) is 6.59. The third-order valence-electron chi connectivity index (χ3n) is 6.04. The van der Waals surface area contributed by atoms with Gasteiger partial charge in [0.05, 0.1) is 23.6 Å². The van der Waals surface area contributed by atoms with Gasteiger partial charge in [-0.25, -0.2) is 8.42 Å². The zero-order valence-electron chi connectivity index (χ0n) is 18.4. The van der Waals surface area contributed by atoms with Gasteiger partial charge in [0.2, 0.25) is 0 Å². The van der Waals surface area contributed by atoms with Crippen LogP contribution in [0.4, 0.5) is 5.69 Å². The van der Waals surface area contributed by atoms with E-state index in [-0.39, 0.29) is 29.0 Å². The maximum atomic E-state index is 13.1. The van der Waals surface area contributed by atoms with Crippen molar-refractivity contribution in [3.05, 3.63) is 98.4 Å². The first kappa shape index (κ1) is 23.5. The van der Waals surface area contributed by atoms with Crippen molar-refractivity contribution in [3.8, 4) is 0 Å². The van der Waals surface area contributed by atoms with Gasteiger partial charge in [0, 0.05) is 14.6 Å². The van der Waals surface area contributed by atoms with Crippen LogP contribution in [-0.2, 0) is 15.3 Å². The molecule has 1 fully saturated rings. The minimum Gasteiger partial charge on any atom is -0.355 e. The Morgan fingerprint density at radius 1 is 0.719 bits per heavy atom. The molecule has 1 heterocycles. The van der Waals surface area contributed by atoms with Crippen LogP contribution in [0.15, 0.2) is 81.7 Å². The Morgan fingerprint density at radius 3 is 1.50 bits per heavy atom. The van der Waals surface area contributed by atoms with Crippen LogP contribution < -0.4 is 4.90 Å². The zero-order chi connectivity index (χ0) is 23.1. The fraction of sp³-hybridized carbons (Fsp3) is 0.308. The first-order valence-electron chi connectivity index (χ1n) is 10.6. The largest absolute Gasteiger partial charge is 0.355 e. The molecule has 3 aromatic rings. The van der Waals surface area contributed by atoms with E-state index in [0.29, 0.717) is 0 Å². The summed E-state index contributed by atoms with van der Waals surface area (Å²) in [5.41, 5.74) is 4.34. The molecule has 168 valence electrons. The molecule has 32 heavy (non-hydrogen) atoms. The summed E-state index contributed by atoms with van der Waals surface area (Å²) in [5.74, 6) is 0.200. The second-order valence-corrected chi connectivity index (χ2v) is 13.4. The van der Waals surface area contributed by atoms with Crippen LogP contribution in [0.2, 0.25) is 0 Å². The van der Waals surface area contributed by atoms with E-state index in [1.165, 1.54) is 5.56 Å². The van der Waals surface area contributed by atoms with E-state index in [1.54, 1.807) is 0 Å². The average Bonchev–Trinajstić information content (AvgIpc) is 2.73. The lowest BCUT2D eigenvalue weighted by Crippen LogP contribution is -2.45. The van der Waals surface area contributed by atoms with Crippen LogP contribution in [0.5, 0.6) is 0 Å². The second-order valence-electron chi connectivity index (χ2n) is 9.42. The van der Waals surface area contributed by atoms with Gasteiger partial charge in [-0.2, -0.15) is 0 Å². The minimum absolute atomic E-state index is 0.0555. The molecular weight excluding hydrogens is 550 g/mol. The molecular formula is C26H27Br2NO2S. The molecule has 2 atom stereocenters. The first-order valence-corrected chi connectivity index (χ1v) is 14.0. The number of benzene rings is 3. The highest BCUT2D eigenvalue weighted by atomic mass is 79.9. The van der Waals surface area contributed by atoms with E-state index in [0.717, 1.165) is 25.8 Å². The molecule has 3 nitrogen and oxygen atoms in total. The van der Waals surface area contributed by atoms with E-state index in [4.69, 9.17) is 0 Å². The molecule has 6 heteroatoms. The summed E-state index contributed by atoms with van der Waals surface area (Å²) >= 11 is 6.99. The molecule has 0 amide bonds. The number of nitrogens with zero attached hydrogens (tertiary/aromatic N) is 1. The Morgan fingerprint density at radius 2 is 1.12 bits per heavy atom. The van der Waals surface area contributed by atoms with Gasteiger partial charge in [-0.1, -0.05) is 89.0 Å². The summed E-state index contributed by atoms with van der Waals surface area (Å²) in [7, 11) is -3.24. The molecule has 0 saturated carbocycles. The molecule has 0 bridgehead atoms. The van der Waals surface area contributed by atoms with E-state index >= 15 is 0 Å². The highest BCUT2D eigenvalue weighted by Crippen LogP contribution is 2.42. The van der Waals surface area contributed by atoms with Crippen molar-refractivity contribution in [2.45, 2.75) is 38.3 Å². The molecule has 2 unspecified atom stereocenters. The van der Waals surface area contributed by atoms with Gasteiger partial charge in [-0.05, 0) is 58.5 Å². The average molecular weight is 577 g/mol. The highest BCUT2D eigenvalue weighted by Gasteiger charge is 2.40. The summed E-state index contributed by atoms with van der Waals surface area (Å²) in [6, 6.07) is 24.0. The molecule has 1 saturated heterocycles. The van der Waals surface area contributed by atoms with Gasteiger partial charge in [0.1, 0.15) is 0 Å². The van der Waals surface area contributed by atoms with Crippen molar-refractivity contribution in [2.24, 2.45) is 0 Å². The van der Waals surface area contributed by atoms with Crippen LogP contribution in [0.25, 0.3) is 0 Å². The van der Waals surface area contributed by atoms with Crippen LogP contribution >= 0.6 is 31.9 Å². The third-order valence-corrected chi connectivity index (χ3v) is 8.74. The van der Waals surface area contributed by atoms with E-state index in [9.17, 15) is 8.42 Å². The molecule has 1 aliphatic rings.